The number of nitrogen functional groups attached to an aromatic ring is 2. The molecule has 1 heterocycles. The first-order valence-corrected chi connectivity index (χ1v) is 10.6. The minimum atomic E-state index is -3.69. The highest BCUT2D eigenvalue weighted by Crippen LogP contribution is 2.17. The Morgan fingerprint density at radius 2 is 1.87 bits per heavy atom. The van der Waals surface area contributed by atoms with Gasteiger partial charge in [-0.15, -0.1) is 0 Å². The summed E-state index contributed by atoms with van der Waals surface area (Å²) in [4.78, 5) is 19.5. The fourth-order valence-electron chi connectivity index (χ4n) is 2.15. The molecule has 0 radical (unpaired) electrons. The molecule has 0 spiro atoms. The van der Waals surface area contributed by atoms with Crippen LogP contribution < -0.4 is 31.6 Å². The van der Waals surface area contributed by atoms with E-state index in [1.807, 2.05) is 6.92 Å². The van der Waals surface area contributed by atoms with Crippen molar-refractivity contribution in [2.75, 3.05) is 35.1 Å². The summed E-state index contributed by atoms with van der Waals surface area (Å²) in [6.45, 7) is 2.20. The van der Waals surface area contributed by atoms with Gasteiger partial charge in [0.05, 0.1) is 12.4 Å². The quantitative estimate of drug-likeness (QED) is 0.240. The zero-order chi connectivity index (χ0) is 22.3. The van der Waals surface area contributed by atoms with E-state index >= 15 is 0 Å². The monoisotopic (exact) mass is 456 g/mol. The van der Waals surface area contributed by atoms with E-state index in [1.54, 1.807) is 24.3 Å². The number of aromatic nitrogens is 2. The van der Waals surface area contributed by atoms with Gasteiger partial charge in [0.2, 0.25) is 10.0 Å². The molecule has 0 bridgehead atoms. The number of nitrogens with zero attached hydrogens (tertiary/aromatic N) is 2. The number of benzene rings is 1. The number of anilines is 3. The van der Waals surface area contributed by atoms with Crippen LogP contribution >= 0.6 is 11.6 Å². The lowest BCUT2D eigenvalue weighted by molar-refractivity contribution is 0.0971. The largest absolute Gasteiger partial charge is 0.494 e. The Morgan fingerprint density at radius 1 is 1.20 bits per heavy atom. The maximum Gasteiger partial charge on any atom is 0.280 e. The number of nitrogens with two attached hydrogens (primary N) is 2. The van der Waals surface area contributed by atoms with Crippen molar-refractivity contribution in [3.8, 4) is 5.75 Å². The third-order valence-electron chi connectivity index (χ3n) is 3.47. The number of ether oxygens (including phenoxy) is 1. The molecule has 0 saturated carbocycles. The number of halogens is 1. The van der Waals surface area contributed by atoms with Crippen LogP contribution in [0.1, 0.15) is 17.4 Å². The van der Waals surface area contributed by atoms with Crippen LogP contribution in [0.5, 0.6) is 5.75 Å². The SMILES string of the molecule is CCOc1ccc(NS(=O)(=O)CCNC(=N)NC(=O)c2nc(Cl)c(N)nc2N)cc1. The van der Waals surface area contributed by atoms with Crippen LogP contribution in [0.4, 0.5) is 17.3 Å². The molecule has 1 amide bonds. The van der Waals surface area contributed by atoms with Crippen molar-refractivity contribution in [3.63, 3.8) is 0 Å². The van der Waals surface area contributed by atoms with Crippen LogP contribution in [-0.4, -0.2) is 49.2 Å². The van der Waals surface area contributed by atoms with Crippen LogP contribution in [0, 0.1) is 5.41 Å². The van der Waals surface area contributed by atoms with Gasteiger partial charge in [0.15, 0.2) is 28.4 Å². The number of hydrogen-bond donors (Lipinski definition) is 6. The smallest absolute Gasteiger partial charge is 0.280 e. The average Bonchev–Trinajstić information content (AvgIpc) is 2.66. The molecule has 0 saturated heterocycles. The van der Waals surface area contributed by atoms with Crippen molar-refractivity contribution in [1.82, 2.24) is 20.6 Å². The van der Waals surface area contributed by atoms with Crippen molar-refractivity contribution >= 4 is 50.8 Å². The number of carbonyl (C=O) groups is 1. The number of nitrogens with one attached hydrogen (secondary N) is 4. The van der Waals surface area contributed by atoms with Gasteiger partial charge in [0.1, 0.15) is 5.75 Å². The Morgan fingerprint density at radius 3 is 2.50 bits per heavy atom. The maximum atomic E-state index is 12.1. The number of amides is 1. The van der Waals surface area contributed by atoms with Crippen molar-refractivity contribution < 1.29 is 17.9 Å². The Balaban J connectivity index is 1.84. The lowest BCUT2D eigenvalue weighted by Crippen LogP contribution is -2.42. The van der Waals surface area contributed by atoms with Crippen molar-refractivity contribution in [2.24, 2.45) is 0 Å². The first kappa shape index (κ1) is 23.0. The van der Waals surface area contributed by atoms with Crippen molar-refractivity contribution in [1.29, 1.82) is 5.41 Å². The highest BCUT2D eigenvalue weighted by molar-refractivity contribution is 7.92. The summed E-state index contributed by atoms with van der Waals surface area (Å²) in [6, 6.07) is 6.43. The second kappa shape index (κ2) is 9.93. The maximum absolute atomic E-state index is 12.1. The standard InChI is InChI=1S/C16H21ClN8O4S/c1-2-29-10-5-3-9(4-6-10)25-30(27,28)8-7-21-16(20)24-15(26)11-13(18)23-14(19)12(17)22-11/h3-6,25H,2,7-8H2,1H3,(H4,18,19,23)(H3,20,21,24,26). The minimum Gasteiger partial charge on any atom is -0.494 e. The van der Waals surface area contributed by atoms with E-state index in [4.69, 9.17) is 33.2 Å². The molecule has 0 aliphatic rings. The third-order valence-corrected chi connectivity index (χ3v) is 5.04. The molecule has 0 atom stereocenters. The van der Waals surface area contributed by atoms with Gasteiger partial charge in [-0.2, -0.15) is 0 Å². The van der Waals surface area contributed by atoms with Gasteiger partial charge in [0, 0.05) is 12.2 Å². The van der Waals surface area contributed by atoms with Crippen molar-refractivity contribution in [2.45, 2.75) is 6.92 Å². The zero-order valence-electron chi connectivity index (χ0n) is 15.9. The molecule has 162 valence electrons. The summed E-state index contributed by atoms with van der Waals surface area (Å²) in [5, 5.41) is 12.1. The first-order valence-electron chi connectivity index (χ1n) is 8.57. The van der Waals surface area contributed by atoms with Gasteiger partial charge in [-0.3, -0.25) is 20.2 Å². The van der Waals surface area contributed by atoms with E-state index in [0.29, 0.717) is 18.0 Å². The molecule has 14 heteroatoms. The fraction of sp³-hybridized carbons (Fsp3) is 0.250. The molecule has 2 rings (SSSR count). The number of hydrogen-bond acceptors (Lipinski definition) is 9. The molecular weight excluding hydrogens is 436 g/mol. The highest BCUT2D eigenvalue weighted by atomic mass is 35.5. The molecule has 0 fully saturated rings. The van der Waals surface area contributed by atoms with Gasteiger partial charge >= 0.3 is 0 Å². The van der Waals surface area contributed by atoms with Gasteiger partial charge in [-0.25, -0.2) is 18.4 Å². The predicted molar refractivity (Wildman–Crippen MR) is 114 cm³/mol. The Labute approximate surface area is 177 Å². The number of sulfonamides is 1. The molecule has 30 heavy (non-hydrogen) atoms. The summed E-state index contributed by atoms with van der Waals surface area (Å²) >= 11 is 5.71. The fourth-order valence-corrected chi connectivity index (χ4v) is 3.25. The number of rotatable bonds is 8. The number of guanidine groups is 1. The molecule has 0 aliphatic carbocycles. The molecule has 8 N–H and O–H groups in total. The van der Waals surface area contributed by atoms with Crippen LogP contribution in [0.15, 0.2) is 24.3 Å². The molecule has 0 unspecified atom stereocenters. The minimum absolute atomic E-state index is 0.135. The van der Waals surface area contributed by atoms with Gasteiger partial charge in [-0.05, 0) is 31.2 Å². The predicted octanol–water partition coefficient (Wildman–Crippen LogP) is 0.389. The van der Waals surface area contributed by atoms with E-state index in [-0.39, 0.29) is 34.8 Å². The average molecular weight is 457 g/mol. The Kier molecular flexibility index (Phi) is 7.60. The summed E-state index contributed by atoms with van der Waals surface area (Å²) in [5.41, 5.74) is 11.1. The molecule has 2 aromatic rings. The summed E-state index contributed by atoms with van der Waals surface area (Å²) in [5.74, 6) is -1.43. The topological polar surface area (TPSA) is 198 Å². The lowest BCUT2D eigenvalue weighted by Gasteiger charge is -2.12. The van der Waals surface area contributed by atoms with Crippen LogP contribution in [-0.2, 0) is 10.0 Å². The highest BCUT2D eigenvalue weighted by Gasteiger charge is 2.17. The van der Waals surface area contributed by atoms with Crippen LogP contribution in [0.2, 0.25) is 5.15 Å². The van der Waals surface area contributed by atoms with Gasteiger partial charge in [0.25, 0.3) is 5.91 Å². The lowest BCUT2D eigenvalue weighted by atomic mass is 10.3. The van der Waals surface area contributed by atoms with Crippen molar-refractivity contribution in [3.05, 3.63) is 35.1 Å². The van der Waals surface area contributed by atoms with E-state index in [1.165, 1.54) is 0 Å². The number of carbonyl (C=O) groups excluding carboxylic acids is 1. The van der Waals surface area contributed by atoms with E-state index in [9.17, 15) is 13.2 Å². The third kappa shape index (κ3) is 6.63. The Hall–Kier alpha value is -3.32. The first-order chi connectivity index (χ1) is 14.1. The molecule has 1 aromatic carbocycles. The summed E-state index contributed by atoms with van der Waals surface area (Å²) in [6.07, 6.45) is 0. The van der Waals surface area contributed by atoms with Gasteiger partial charge in [-0.1, -0.05) is 11.6 Å². The summed E-state index contributed by atoms with van der Waals surface area (Å²) < 4.78 is 32.0. The molecular formula is C16H21ClN8O4S. The second-order valence-electron chi connectivity index (χ2n) is 5.77. The molecule has 12 nitrogen and oxygen atoms in total. The normalized spacial score (nSPS) is 10.9. The van der Waals surface area contributed by atoms with Crippen LogP contribution in [0.3, 0.4) is 0 Å². The van der Waals surface area contributed by atoms with E-state index in [0.717, 1.165) is 0 Å². The summed E-state index contributed by atoms with van der Waals surface area (Å²) in [7, 11) is -3.69. The van der Waals surface area contributed by atoms with Crippen LogP contribution in [0.25, 0.3) is 0 Å². The van der Waals surface area contributed by atoms with E-state index < -0.39 is 21.9 Å². The molecule has 0 aliphatic heterocycles. The molecule has 1 aromatic heterocycles. The second-order valence-corrected chi connectivity index (χ2v) is 7.97. The Bertz CT molecular complexity index is 1030. The van der Waals surface area contributed by atoms with E-state index in [2.05, 4.69) is 25.3 Å². The van der Waals surface area contributed by atoms with Gasteiger partial charge < -0.3 is 21.5 Å². The zero-order valence-corrected chi connectivity index (χ0v) is 17.5.